The number of fused-ring (bicyclic) bond motifs is 1. The van der Waals surface area contributed by atoms with Crippen LogP contribution in [0.2, 0.25) is 5.02 Å². The second-order valence-corrected chi connectivity index (χ2v) is 21.0. The van der Waals surface area contributed by atoms with Gasteiger partial charge < -0.3 is 44.1 Å². The number of imide groups is 1. The predicted molar refractivity (Wildman–Crippen MR) is 253 cm³/mol. The van der Waals surface area contributed by atoms with E-state index in [0.29, 0.717) is 82.8 Å². The highest BCUT2D eigenvalue weighted by Gasteiger charge is 2.40. The van der Waals surface area contributed by atoms with Crippen molar-refractivity contribution in [2.45, 2.75) is 63.8 Å². The molecule has 1 atom stereocenters. The molecule has 18 heteroatoms. The van der Waals surface area contributed by atoms with Gasteiger partial charge in [0.1, 0.15) is 29.7 Å². The van der Waals surface area contributed by atoms with Crippen LogP contribution in [0.4, 0.5) is 28.8 Å². The fourth-order valence-corrected chi connectivity index (χ4v) is 10.7. The summed E-state index contributed by atoms with van der Waals surface area (Å²) < 4.78 is 30.8. The van der Waals surface area contributed by atoms with Crippen LogP contribution in [0.1, 0.15) is 60.0 Å². The Morgan fingerprint density at radius 1 is 0.892 bits per heavy atom. The van der Waals surface area contributed by atoms with Crippen molar-refractivity contribution in [3.63, 3.8) is 0 Å². The maximum absolute atomic E-state index is 13.2. The summed E-state index contributed by atoms with van der Waals surface area (Å²) in [5.74, 6) is 1.15. The summed E-state index contributed by atoms with van der Waals surface area (Å²) in [6, 6.07) is 16.9. The highest BCUT2D eigenvalue weighted by molar-refractivity contribution is 7.70. The first-order chi connectivity index (χ1) is 31.4. The third-order valence-electron chi connectivity index (χ3n) is 12.8. The monoisotopic (exact) mass is 927 g/mol. The Balaban J connectivity index is 0.800. The lowest BCUT2D eigenvalue weighted by atomic mass is 10.00. The van der Waals surface area contributed by atoms with E-state index in [1.54, 1.807) is 38.5 Å². The number of ether oxygens (including phenoxy) is 3. The summed E-state index contributed by atoms with van der Waals surface area (Å²) in [7, 11) is 0.783. The van der Waals surface area contributed by atoms with E-state index >= 15 is 0 Å². The second-order valence-electron chi connectivity index (χ2n) is 17.5. The fraction of sp³-hybridized carbons (Fsp3) is 0.468. The van der Waals surface area contributed by atoms with E-state index in [1.165, 1.54) is 6.20 Å². The Bertz CT molecular complexity index is 2440. The van der Waals surface area contributed by atoms with Crippen molar-refractivity contribution < 1.29 is 33.2 Å². The summed E-state index contributed by atoms with van der Waals surface area (Å²) in [6.45, 7) is 11.8. The summed E-state index contributed by atoms with van der Waals surface area (Å²) in [5.41, 5.74) is 4.86. The van der Waals surface area contributed by atoms with Gasteiger partial charge in [0.2, 0.25) is 17.8 Å². The van der Waals surface area contributed by atoms with Gasteiger partial charge in [0, 0.05) is 92.6 Å². The molecule has 65 heavy (non-hydrogen) atoms. The quantitative estimate of drug-likeness (QED) is 0.0619. The van der Waals surface area contributed by atoms with Crippen molar-refractivity contribution >= 4 is 70.6 Å². The minimum Gasteiger partial charge on any atom is -0.494 e. The van der Waals surface area contributed by atoms with Crippen molar-refractivity contribution in [3.8, 4) is 11.5 Å². The molecule has 3 fully saturated rings. The first-order valence-corrected chi connectivity index (χ1v) is 25.4. The zero-order valence-corrected chi connectivity index (χ0v) is 39.3. The number of nitrogens with zero attached hydrogens (tertiary/aromatic N) is 6. The summed E-state index contributed by atoms with van der Waals surface area (Å²) >= 11 is 6.54. The maximum Gasteiger partial charge on any atom is 0.255 e. The molecule has 1 aromatic heterocycles. The Morgan fingerprint density at radius 3 is 2.42 bits per heavy atom. The van der Waals surface area contributed by atoms with Gasteiger partial charge in [0.05, 0.1) is 44.4 Å². The van der Waals surface area contributed by atoms with Gasteiger partial charge in [-0.3, -0.25) is 24.6 Å². The van der Waals surface area contributed by atoms with Gasteiger partial charge in [-0.1, -0.05) is 29.8 Å². The molecule has 0 aliphatic carbocycles. The maximum atomic E-state index is 13.2. The minimum atomic E-state index is -2.57. The number of amides is 3. The lowest BCUT2D eigenvalue weighted by molar-refractivity contribution is -0.136. The number of unbranched alkanes of at least 4 members (excludes halogenated alkanes) is 1. The molecule has 4 aliphatic rings. The number of methoxy groups -OCH3 is 2. The van der Waals surface area contributed by atoms with Gasteiger partial charge in [-0.15, -0.1) is 0 Å². The molecule has 0 spiro atoms. The number of rotatable bonds is 17. The average Bonchev–Trinajstić information content (AvgIpc) is 3.63. The summed E-state index contributed by atoms with van der Waals surface area (Å²) in [4.78, 5) is 55.6. The van der Waals surface area contributed by atoms with Crippen molar-refractivity contribution in [2.75, 3.05) is 95.5 Å². The number of piperidine rings is 2. The van der Waals surface area contributed by atoms with E-state index in [2.05, 4.69) is 46.7 Å². The smallest absolute Gasteiger partial charge is 0.255 e. The van der Waals surface area contributed by atoms with E-state index in [9.17, 15) is 18.9 Å². The van der Waals surface area contributed by atoms with Crippen LogP contribution in [0.15, 0.2) is 60.8 Å². The Hall–Kier alpha value is -5.25. The number of halogens is 1. The van der Waals surface area contributed by atoms with E-state index in [1.807, 2.05) is 42.5 Å². The van der Waals surface area contributed by atoms with Gasteiger partial charge in [0.25, 0.3) is 5.91 Å². The van der Waals surface area contributed by atoms with Crippen LogP contribution >= 0.6 is 18.7 Å². The van der Waals surface area contributed by atoms with E-state index in [-0.39, 0.29) is 18.2 Å². The number of piperazine rings is 1. The highest BCUT2D eigenvalue weighted by Crippen LogP contribution is 2.40. The molecule has 346 valence electrons. The predicted octanol–water partition coefficient (Wildman–Crippen LogP) is 6.23. The molecular weight excluding hydrogens is 869 g/mol. The standard InChI is InChI=1S/C47H59ClN9O7P/c1-62-30-31-26-37(51-47-49-28-35(48)44(53-47)50-36-11-5-6-13-42(36)65(3,4)61)41(63-2)27-39(31)56-19-16-32(17-20-56)55-23-21-54(22-24-55)18-7-8-25-64-40-12-9-10-33-34(40)29-57(46(33)60)38-14-15-43(58)52-45(38)59/h5-6,9-13,26-28,32,38H,7-8,14-25,29-30H2,1-4H3,(H,52,58,59)(H2,49,50,51,53). The molecule has 0 bridgehead atoms. The van der Waals surface area contributed by atoms with Crippen LogP contribution in [0.25, 0.3) is 0 Å². The Kier molecular flexibility index (Phi) is 14.6. The number of carbonyl (C=O) groups excluding carboxylic acids is 3. The lowest BCUT2D eigenvalue weighted by Gasteiger charge is -2.43. The fourth-order valence-electron chi connectivity index (χ4n) is 9.39. The number of para-hydroxylation sites is 1. The van der Waals surface area contributed by atoms with Crippen LogP contribution < -0.4 is 35.6 Å². The van der Waals surface area contributed by atoms with Crippen molar-refractivity contribution in [1.29, 1.82) is 0 Å². The number of benzene rings is 3. The summed E-state index contributed by atoms with van der Waals surface area (Å²) in [5, 5.41) is 10.00. The molecule has 0 radical (unpaired) electrons. The molecule has 16 nitrogen and oxygen atoms in total. The molecule has 3 aromatic carbocycles. The molecule has 3 N–H and O–H groups in total. The van der Waals surface area contributed by atoms with Gasteiger partial charge in [-0.25, -0.2) is 4.98 Å². The number of hydrogen-bond donors (Lipinski definition) is 3. The molecule has 8 rings (SSSR count). The molecule has 3 saturated heterocycles. The zero-order chi connectivity index (χ0) is 45.7. The lowest BCUT2D eigenvalue weighted by Crippen LogP contribution is -2.53. The first-order valence-electron chi connectivity index (χ1n) is 22.4. The van der Waals surface area contributed by atoms with Gasteiger partial charge in [-0.2, -0.15) is 4.98 Å². The van der Waals surface area contributed by atoms with Gasteiger partial charge in [0.15, 0.2) is 5.82 Å². The number of hydrogen-bond acceptors (Lipinski definition) is 14. The molecule has 5 heterocycles. The number of nitrogens with one attached hydrogen (secondary N) is 3. The molecule has 3 amide bonds. The Morgan fingerprint density at radius 2 is 1.68 bits per heavy atom. The third kappa shape index (κ3) is 10.7. The minimum absolute atomic E-state index is 0.191. The number of anilines is 5. The largest absolute Gasteiger partial charge is 0.494 e. The average molecular weight is 928 g/mol. The van der Waals surface area contributed by atoms with Gasteiger partial charge >= 0.3 is 0 Å². The van der Waals surface area contributed by atoms with Crippen molar-refractivity contribution in [3.05, 3.63) is 82.5 Å². The van der Waals surface area contributed by atoms with Crippen LogP contribution in [0.5, 0.6) is 11.5 Å². The normalized spacial score (nSPS) is 18.7. The second kappa shape index (κ2) is 20.5. The van der Waals surface area contributed by atoms with Crippen LogP contribution in [-0.2, 0) is 32.0 Å². The number of carbonyl (C=O) groups is 3. The van der Waals surface area contributed by atoms with Crippen LogP contribution in [0, 0.1) is 0 Å². The molecule has 1 unspecified atom stereocenters. The SMILES string of the molecule is COCc1cc(Nc2ncc(Cl)c(Nc3ccccc3P(C)(C)=O)n2)c(OC)cc1N1CCC(N2CCN(CCCCOc3cccc4c3CN(C3CCC(=O)NC3=O)C4=O)CC2)CC1. The first kappa shape index (κ1) is 46.3. The van der Waals surface area contributed by atoms with Crippen molar-refractivity contribution in [1.82, 2.24) is 30.0 Å². The zero-order valence-electron chi connectivity index (χ0n) is 37.6. The number of aromatic nitrogens is 2. The molecule has 0 saturated carbocycles. The van der Waals surface area contributed by atoms with Gasteiger partial charge in [-0.05, 0) is 82.3 Å². The van der Waals surface area contributed by atoms with Crippen LogP contribution in [-0.4, -0.2) is 134 Å². The van der Waals surface area contributed by atoms with E-state index < -0.39 is 19.1 Å². The van der Waals surface area contributed by atoms with E-state index in [0.717, 1.165) is 88.3 Å². The molecule has 4 aromatic rings. The Labute approximate surface area is 385 Å². The molecule has 4 aliphatic heterocycles. The van der Waals surface area contributed by atoms with E-state index in [4.69, 9.17) is 25.8 Å². The third-order valence-corrected chi connectivity index (χ3v) is 14.6. The van der Waals surface area contributed by atoms with Crippen LogP contribution in [0.3, 0.4) is 0 Å². The highest BCUT2D eigenvalue weighted by atomic mass is 35.5. The summed E-state index contributed by atoms with van der Waals surface area (Å²) in [6.07, 6.45) is 6.13. The van der Waals surface area contributed by atoms with Crippen molar-refractivity contribution in [2.24, 2.45) is 0 Å². The molecular formula is C47H59ClN9O7P. The topological polar surface area (TPSA) is 171 Å².